The molecular weight excluding hydrogens is 421 g/mol. The van der Waals surface area contributed by atoms with Gasteiger partial charge in [-0.2, -0.15) is 0 Å². The Morgan fingerprint density at radius 1 is 1.06 bits per heavy atom. The van der Waals surface area contributed by atoms with E-state index in [-0.39, 0.29) is 35.2 Å². The molecule has 3 amide bonds. The van der Waals surface area contributed by atoms with Gasteiger partial charge in [0.2, 0.25) is 17.7 Å². The van der Waals surface area contributed by atoms with E-state index in [1.54, 1.807) is 28.9 Å². The van der Waals surface area contributed by atoms with E-state index in [4.69, 9.17) is 4.74 Å². The molecule has 3 rings (SSSR count). The minimum atomic E-state index is -0.275. The third kappa shape index (κ3) is 6.93. The molecule has 0 atom stereocenters. The van der Waals surface area contributed by atoms with E-state index in [1.165, 1.54) is 17.8 Å². The summed E-state index contributed by atoms with van der Waals surface area (Å²) in [5, 5.41) is 2.87. The fourth-order valence-electron chi connectivity index (χ4n) is 3.69. The van der Waals surface area contributed by atoms with E-state index >= 15 is 0 Å². The Bertz CT molecular complexity index is 793. The molecule has 170 valence electrons. The van der Waals surface area contributed by atoms with Crippen molar-refractivity contribution in [2.24, 2.45) is 5.92 Å². The van der Waals surface area contributed by atoms with Crippen LogP contribution in [0.5, 0.6) is 0 Å². The van der Waals surface area contributed by atoms with Gasteiger partial charge in [0, 0.05) is 38.6 Å². The number of benzene rings is 1. The zero-order chi connectivity index (χ0) is 22.2. The molecule has 9 heteroatoms. The molecule has 0 spiro atoms. The van der Waals surface area contributed by atoms with Gasteiger partial charge in [-0.15, -0.1) is 11.8 Å². The standard InChI is InChI=1S/C22H30FN3O4S/c1-16-2-3-17(12-19(16)23)13-24-22(29)18-4-6-25(7-5-18)20(27)14-31-15-21(28)26-8-10-30-11-9-26/h2-3,12,18H,4-11,13-15H2,1H3,(H,24,29). The maximum atomic E-state index is 13.6. The second-order valence-corrected chi connectivity index (χ2v) is 8.93. The Morgan fingerprint density at radius 2 is 1.68 bits per heavy atom. The van der Waals surface area contributed by atoms with Crippen LogP contribution in [0.15, 0.2) is 18.2 Å². The van der Waals surface area contributed by atoms with Gasteiger partial charge >= 0.3 is 0 Å². The van der Waals surface area contributed by atoms with E-state index in [2.05, 4.69) is 5.32 Å². The van der Waals surface area contributed by atoms with Crippen LogP contribution in [-0.2, 0) is 25.7 Å². The number of carbonyl (C=O) groups excluding carboxylic acids is 3. The zero-order valence-corrected chi connectivity index (χ0v) is 18.7. The number of thioether (sulfide) groups is 1. The van der Waals surface area contributed by atoms with Crippen LogP contribution in [0.2, 0.25) is 0 Å². The summed E-state index contributed by atoms with van der Waals surface area (Å²) in [5.74, 6) is 0.145. The number of nitrogens with one attached hydrogen (secondary N) is 1. The topological polar surface area (TPSA) is 79.0 Å². The molecule has 7 nitrogen and oxygen atoms in total. The lowest BCUT2D eigenvalue weighted by Gasteiger charge is -2.31. The van der Waals surface area contributed by atoms with Gasteiger partial charge in [0.05, 0.1) is 24.7 Å². The average Bonchev–Trinajstić information content (AvgIpc) is 2.80. The molecule has 2 fully saturated rings. The lowest BCUT2D eigenvalue weighted by Crippen LogP contribution is -2.44. The maximum Gasteiger partial charge on any atom is 0.232 e. The summed E-state index contributed by atoms with van der Waals surface area (Å²) < 4.78 is 18.9. The fraction of sp³-hybridized carbons (Fsp3) is 0.591. The van der Waals surface area contributed by atoms with Gasteiger partial charge in [-0.3, -0.25) is 14.4 Å². The number of halogens is 1. The minimum Gasteiger partial charge on any atom is -0.378 e. The van der Waals surface area contributed by atoms with E-state index < -0.39 is 0 Å². The molecule has 2 aliphatic heterocycles. The van der Waals surface area contributed by atoms with E-state index in [1.807, 2.05) is 0 Å². The van der Waals surface area contributed by atoms with Crippen molar-refractivity contribution in [1.29, 1.82) is 0 Å². The molecule has 2 heterocycles. The van der Waals surface area contributed by atoms with E-state index in [0.717, 1.165) is 5.56 Å². The van der Waals surface area contributed by atoms with Crippen molar-refractivity contribution in [1.82, 2.24) is 15.1 Å². The van der Waals surface area contributed by atoms with Gasteiger partial charge in [-0.05, 0) is 37.0 Å². The summed E-state index contributed by atoms with van der Waals surface area (Å²) in [5.41, 5.74) is 1.31. The number of piperidine rings is 1. The molecule has 1 aromatic rings. The lowest BCUT2D eigenvalue weighted by molar-refractivity contribution is -0.133. The lowest BCUT2D eigenvalue weighted by atomic mass is 9.96. The molecule has 31 heavy (non-hydrogen) atoms. The van der Waals surface area contributed by atoms with Crippen molar-refractivity contribution < 1.29 is 23.5 Å². The first kappa shape index (κ1) is 23.5. The Morgan fingerprint density at radius 3 is 2.29 bits per heavy atom. The minimum absolute atomic E-state index is 0.00812. The summed E-state index contributed by atoms with van der Waals surface area (Å²) >= 11 is 1.34. The first-order valence-corrected chi connectivity index (χ1v) is 11.8. The van der Waals surface area contributed by atoms with Crippen LogP contribution in [-0.4, -0.2) is 78.4 Å². The molecule has 2 saturated heterocycles. The first-order chi connectivity index (χ1) is 14.9. The number of amides is 3. The molecular formula is C22H30FN3O4S. The van der Waals surface area contributed by atoms with Gasteiger partial charge in [-0.25, -0.2) is 4.39 Å². The quantitative estimate of drug-likeness (QED) is 0.681. The Labute approximate surface area is 186 Å². The second kappa shape index (κ2) is 11.5. The van der Waals surface area contributed by atoms with Crippen LogP contribution < -0.4 is 5.32 Å². The molecule has 0 bridgehead atoms. The summed E-state index contributed by atoms with van der Waals surface area (Å²) in [7, 11) is 0. The summed E-state index contributed by atoms with van der Waals surface area (Å²) in [6.45, 7) is 5.43. The van der Waals surface area contributed by atoms with E-state index in [0.29, 0.717) is 70.1 Å². The molecule has 1 aromatic carbocycles. The van der Waals surface area contributed by atoms with Gasteiger partial charge in [0.25, 0.3) is 0 Å². The van der Waals surface area contributed by atoms with Crippen LogP contribution in [0.4, 0.5) is 4.39 Å². The van der Waals surface area contributed by atoms with Gasteiger partial charge in [0.15, 0.2) is 0 Å². The van der Waals surface area contributed by atoms with Crippen LogP contribution in [0, 0.1) is 18.7 Å². The Kier molecular flexibility index (Phi) is 8.71. The summed E-state index contributed by atoms with van der Waals surface area (Å²) in [6, 6.07) is 4.95. The number of hydrogen-bond acceptors (Lipinski definition) is 5. The van der Waals surface area contributed by atoms with Crippen molar-refractivity contribution in [2.75, 3.05) is 50.9 Å². The van der Waals surface area contributed by atoms with Gasteiger partial charge in [-0.1, -0.05) is 12.1 Å². The predicted octanol–water partition coefficient (Wildman–Crippen LogP) is 1.58. The Hall–Kier alpha value is -2.13. The van der Waals surface area contributed by atoms with Crippen molar-refractivity contribution >= 4 is 29.5 Å². The smallest absolute Gasteiger partial charge is 0.232 e. The average molecular weight is 452 g/mol. The van der Waals surface area contributed by atoms with Crippen LogP contribution >= 0.6 is 11.8 Å². The number of likely N-dealkylation sites (tertiary alicyclic amines) is 1. The molecule has 0 unspecified atom stereocenters. The number of hydrogen-bond donors (Lipinski definition) is 1. The highest BCUT2D eigenvalue weighted by Crippen LogP contribution is 2.19. The monoisotopic (exact) mass is 451 g/mol. The number of nitrogens with zero attached hydrogens (tertiary/aromatic N) is 2. The molecule has 0 aliphatic carbocycles. The number of ether oxygens (including phenoxy) is 1. The number of rotatable bonds is 7. The predicted molar refractivity (Wildman–Crippen MR) is 117 cm³/mol. The van der Waals surface area contributed by atoms with E-state index in [9.17, 15) is 18.8 Å². The highest BCUT2D eigenvalue weighted by molar-refractivity contribution is 8.00. The van der Waals surface area contributed by atoms with Crippen LogP contribution in [0.25, 0.3) is 0 Å². The van der Waals surface area contributed by atoms with Crippen molar-refractivity contribution in [3.63, 3.8) is 0 Å². The molecule has 2 aliphatic rings. The van der Waals surface area contributed by atoms with Crippen molar-refractivity contribution in [3.05, 3.63) is 35.1 Å². The zero-order valence-electron chi connectivity index (χ0n) is 17.9. The number of morpholine rings is 1. The molecule has 1 N–H and O–H groups in total. The normalized spacial score (nSPS) is 17.5. The summed E-state index contributed by atoms with van der Waals surface area (Å²) in [4.78, 5) is 40.5. The first-order valence-electron chi connectivity index (χ1n) is 10.7. The highest BCUT2D eigenvalue weighted by atomic mass is 32.2. The third-order valence-electron chi connectivity index (χ3n) is 5.74. The van der Waals surface area contributed by atoms with Crippen LogP contribution in [0.1, 0.15) is 24.0 Å². The summed E-state index contributed by atoms with van der Waals surface area (Å²) in [6.07, 6.45) is 1.22. The van der Waals surface area contributed by atoms with Gasteiger partial charge in [0.1, 0.15) is 5.82 Å². The highest BCUT2D eigenvalue weighted by Gasteiger charge is 2.27. The molecule has 0 radical (unpaired) electrons. The maximum absolute atomic E-state index is 13.6. The number of carbonyl (C=O) groups is 3. The van der Waals surface area contributed by atoms with Crippen LogP contribution in [0.3, 0.4) is 0 Å². The fourth-order valence-corrected chi connectivity index (χ4v) is 4.51. The van der Waals surface area contributed by atoms with Gasteiger partial charge < -0.3 is 19.9 Å². The SMILES string of the molecule is Cc1ccc(CNC(=O)C2CCN(C(=O)CSCC(=O)N3CCOCC3)CC2)cc1F. The molecule has 0 aromatic heterocycles. The second-order valence-electron chi connectivity index (χ2n) is 7.94. The third-order valence-corrected chi connectivity index (χ3v) is 6.64. The largest absolute Gasteiger partial charge is 0.378 e. The van der Waals surface area contributed by atoms with Crippen molar-refractivity contribution in [2.45, 2.75) is 26.3 Å². The van der Waals surface area contributed by atoms with Crippen molar-refractivity contribution in [3.8, 4) is 0 Å². The number of aryl methyl sites for hydroxylation is 1. The molecule has 0 saturated carbocycles. The Balaban J connectivity index is 1.33.